The SMILES string of the molecule is CC(C)COc1ccc(/C=C(\C#N)C(=O)NC[C@H]2CCCO2)cc1. The summed E-state index contributed by atoms with van der Waals surface area (Å²) in [6.45, 7) is 6.02. The highest BCUT2D eigenvalue weighted by molar-refractivity contribution is 6.01. The van der Waals surface area contributed by atoms with Gasteiger partial charge in [0.15, 0.2) is 0 Å². The summed E-state index contributed by atoms with van der Waals surface area (Å²) >= 11 is 0. The van der Waals surface area contributed by atoms with Crippen molar-refractivity contribution < 1.29 is 14.3 Å². The Morgan fingerprint density at radius 1 is 1.46 bits per heavy atom. The van der Waals surface area contributed by atoms with Crippen LogP contribution in [-0.4, -0.2) is 31.8 Å². The highest BCUT2D eigenvalue weighted by Crippen LogP contribution is 2.16. The van der Waals surface area contributed by atoms with Crippen LogP contribution in [0.15, 0.2) is 29.8 Å². The van der Waals surface area contributed by atoms with E-state index in [0.717, 1.165) is 30.8 Å². The molecule has 0 bridgehead atoms. The van der Waals surface area contributed by atoms with Gasteiger partial charge in [-0.25, -0.2) is 0 Å². The maximum absolute atomic E-state index is 12.1. The monoisotopic (exact) mass is 328 g/mol. The molecule has 1 aromatic rings. The Bertz CT molecular complexity index is 608. The van der Waals surface area contributed by atoms with E-state index in [1.165, 1.54) is 0 Å². The number of hydrogen-bond donors (Lipinski definition) is 1. The summed E-state index contributed by atoms with van der Waals surface area (Å²) in [5.74, 6) is 0.873. The molecule has 1 heterocycles. The largest absolute Gasteiger partial charge is 0.493 e. The van der Waals surface area contributed by atoms with Crippen LogP contribution >= 0.6 is 0 Å². The Morgan fingerprint density at radius 3 is 2.79 bits per heavy atom. The normalized spacial score (nSPS) is 17.6. The molecule has 0 aromatic heterocycles. The number of carbonyl (C=O) groups is 1. The Labute approximate surface area is 143 Å². The summed E-state index contributed by atoms with van der Waals surface area (Å²) in [5, 5.41) is 12.0. The zero-order chi connectivity index (χ0) is 17.4. The molecule has 2 rings (SSSR count). The van der Waals surface area contributed by atoms with E-state index in [2.05, 4.69) is 19.2 Å². The lowest BCUT2D eigenvalue weighted by Crippen LogP contribution is -2.32. The number of benzene rings is 1. The highest BCUT2D eigenvalue weighted by atomic mass is 16.5. The van der Waals surface area contributed by atoms with Gasteiger partial charge in [0, 0.05) is 13.2 Å². The fourth-order valence-electron chi connectivity index (χ4n) is 2.35. The topological polar surface area (TPSA) is 71.3 Å². The molecule has 0 spiro atoms. The molecule has 1 atom stereocenters. The van der Waals surface area contributed by atoms with E-state index in [4.69, 9.17) is 9.47 Å². The van der Waals surface area contributed by atoms with Crippen molar-refractivity contribution in [2.75, 3.05) is 19.8 Å². The van der Waals surface area contributed by atoms with Crippen LogP contribution in [0.25, 0.3) is 6.08 Å². The maximum Gasteiger partial charge on any atom is 0.262 e. The van der Waals surface area contributed by atoms with Crippen molar-refractivity contribution in [2.45, 2.75) is 32.8 Å². The van der Waals surface area contributed by atoms with Crippen molar-refractivity contribution in [1.82, 2.24) is 5.32 Å². The van der Waals surface area contributed by atoms with Gasteiger partial charge in [-0.2, -0.15) is 5.26 Å². The molecule has 0 unspecified atom stereocenters. The number of nitrogens with one attached hydrogen (secondary N) is 1. The molecule has 128 valence electrons. The van der Waals surface area contributed by atoms with Gasteiger partial charge in [-0.05, 0) is 42.5 Å². The number of ether oxygens (including phenoxy) is 2. The van der Waals surface area contributed by atoms with Crippen molar-refractivity contribution in [1.29, 1.82) is 5.26 Å². The quantitative estimate of drug-likeness (QED) is 0.617. The van der Waals surface area contributed by atoms with Gasteiger partial charge in [0.25, 0.3) is 5.91 Å². The fraction of sp³-hybridized carbons (Fsp3) is 0.474. The zero-order valence-corrected chi connectivity index (χ0v) is 14.2. The van der Waals surface area contributed by atoms with Crippen LogP contribution in [0.3, 0.4) is 0 Å². The number of nitriles is 1. The average molecular weight is 328 g/mol. The summed E-state index contributed by atoms with van der Waals surface area (Å²) in [7, 11) is 0. The van der Waals surface area contributed by atoms with Gasteiger partial charge in [0.2, 0.25) is 0 Å². The molecule has 1 aromatic carbocycles. The molecule has 5 nitrogen and oxygen atoms in total. The Kier molecular flexibility index (Phi) is 6.83. The molecule has 0 aliphatic carbocycles. The molecule has 1 fully saturated rings. The first-order valence-corrected chi connectivity index (χ1v) is 8.33. The fourth-order valence-corrected chi connectivity index (χ4v) is 2.35. The maximum atomic E-state index is 12.1. The molecule has 1 saturated heterocycles. The molecule has 1 N–H and O–H groups in total. The lowest BCUT2D eigenvalue weighted by molar-refractivity contribution is -0.117. The van der Waals surface area contributed by atoms with Gasteiger partial charge >= 0.3 is 0 Å². The third-order valence-corrected chi connectivity index (χ3v) is 3.65. The zero-order valence-electron chi connectivity index (χ0n) is 14.2. The first-order valence-electron chi connectivity index (χ1n) is 8.33. The lowest BCUT2D eigenvalue weighted by Gasteiger charge is -2.10. The van der Waals surface area contributed by atoms with Crippen LogP contribution in [-0.2, 0) is 9.53 Å². The average Bonchev–Trinajstić information content (AvgIpc) is 3.10. The van der Waals surface area contributed by atoms with E-state index in [0.29, 0.717) is 19.1 Å². The van der Waals surface area contributed by atoms with Crippen LogP contribution in [0, 0.1) is 17.2 Å². The second-order valence-corrected chi connectivity index (χ2v) is 6.29. The number of nitrogens with zero attached hydrogens (tertiary/aromatic N) is 1. The summed E-state index contributed by atoms with van der Waals surface area (Å²) in [4.78, 5) is 12.1. The minimum absolute atomic E-state index is 0.0614. The second kappa shape index (κ2) is 9.09. The first kappa shape index (κ1) is 18.0. The van der Waals surface area contributed by atoms with Crippen LogP contribution < -0.4 is 10.1 Å². The van der Waals surface area contributed by atoms with E-state index < -0.39 is 0 Å². The van der Waals surface area contributed by atoms with Crippen molar-refractivity contribution in [3.05, 3.63) is 35.4 Å². The molecule has 1 amide bonds. The molecule has 1 aliphatic heterocycles. The molecular weight excluding hydrogens is 304 g/mol. The van der Waals surface area contributed by atoms with Gasteiger partial charge in [-0.1, -0.05) is 26.0 Å². The Hall–Kier alpha value is -2.32. The van der Waals surface area contributed by atoms with Crippen molar-refractivity contribution in [3.8, 4) is 11.8 Å². The molecule has 24 heavy (non-hydrogen) atoms. The van der Waals surface area contributed by atoms with Gasteiger partial charge in [-0.15, -0.1) is 0 Å². The molecule has 5 heteroatoms. The van der Waals surface area contributed by atoms with Crippen LogP contribution in [0.4, 0.5) is 0 Å². The number of hydrogen-bond acceptors (Lipinski definition) is 4. The minimum atomic E-state index is -0.367. The minimum Gasteiger partial charge on any atom is -0.493 e. The molecular formula is C19H24N2O3. The third-order valence-electron chi connectivity index (χ3n) is 3.65. The predicted molar refractivity (Wildman–Crippen MR) is 92.3 cm³/mol. The van der Waals surface area contributed by atoms with Crippen molar-refractivity contribution in [3.63, 3.8) is 0 Å². The van der Waals surface area contributed by atoms with Crippen molar-refractivity contribution in [2.24, 2.45) is 5.92 Å². The Balaban J connectivity index is 1.93. The van der Waals surface area contributed by atoms with Gasteiger partial charge in [0.1, 0.15) is 17.4 Å². The smallest absolute Gasteiger partial charge is 0.262 e. The predicted octanol–water partition coefficient (Wildman–Crippen LogP) is 2.92. The standard InChI is InChI=1S/C19H24N2O3/c1-14(2)13-24-17-7-5-15(6-8-17)10-16(11-20)19(22)21-12-18-4-3-9-23-18/h5-8,10,14,18H,3-4,9,12-13H2,1-2H3,(H,21,22)/b16-10+/t18-/m1/s1. The third kappa shape index (κ3) is 5.71. The summed E-state index contributed by atoms with van der Waals surface area (Å²) < 4.78 is 11.1. The molecule has 0 radical (unpaired) electrons. The van der Waals surface area contributed by atoms with Crippen LogP contribution in [0.2, 0.25) is 0 Å². The van der Waals surface area contributed by atoms with Gasteiger partial charge in [0.05, 0.1) is 12.7 Å². The van der Waals surface area contributed by atoms with Crippen LogP contribution in [0.5, 0.6) is 5.75 Å². The number of amides is 1. The van der Waals surface area contributed by atoms with Crippen LogP contribution in [0.1, 0.15) is 32.3 Å². The molecule has 1 aliphatic rings. The first-order chi connectivity index (χ1) is 11.6. The van der Waals surface area contributed by atoms with E-state index in [-0.39, 0.29) is 17.6 Å². The summed E-state index contributed by atoms with van der Waals surface area (Å²) in [6.07, 6.45) is 3.61. The number of carbonyl (C=O) groups excluding carboxylic acids is 1. The van der Waals surface area contributed by atoms with E-state index >= 15 is 0 Å². The van der Waals surface area contributed by atoms with E-state index in [1.54, 1.807) is 6.08 Å². The van der Waals surface area contributed by atoms with Gasteiger partial charge in [-0.3, -0.25) is 4.79 Å². The lowest BCUT2D eigenvalue weighted by atomic mass is 10.1. The van der Waals surface area contributed by atoms with E-state index in [1.807, 2.05) is 30.3 Å². The summed E-state index contributed by atoms with van der Waals surface area (Å²) in [6, 6.07) is 9.31. The highest BCUT2D eigenvalue weighted by Gasteiger charge is 2.17. The van der Waals surface area contributed by atoms with E-state index in [9.17, 15) is 10.1 Å². The van der Waals surface area contributed by atoms with Crippen molar-refractivity contribution >= 4 is 12.0 Å². The summed E-state index contributed by atoms with van der Waals surface area (Å²) in [5.41, 5.74) is 0.875. The van der Waals surface area contributed by atoms with Gasteiger partial charge < -0.3 is 14.8 Å². The Morgan fingerprint density at radius 2 is 2.21 bits per heavy atom. The number of rotatable bonds is 7. The molecule has 0 saturated carbocycles. The second-order valence-electron chi connectivity index (χ2n) is 6.29.